The first kappa shape index (κ1) is 18.1. The van der Waals surface area contributed by atoms with E-state index in [1.165, 1.54) is 5.57 Å². The van der Waals surface area contributed by atoms with Crippen LogP contribution >= 0.6 is 20.2 Å². The van der Waals surface area contributed by atoms with Gasteiger partial charge in [-0.05, 0) is 55.7 Å². The molecule has 0 saturated carbocycles. The highest BCUT2D eigenvalue weighted by atomic mass is 35.5. The van der Waals surface area contributed by atoms with E-state index in [1.54, 1.807) is 6.08 Å². The fourth-order valence-corrected chi connectivity index (χ4v) is 5.81. The number of aromatic nitrogens is 2. The molecular formula is C21H22ClN4OP. The zero-order valence-corrected chi connectivity index (χ0v) is 17.4. The van der Waals surface area contributed by atoms with Crippen molar-refractivity contribution in [2.45, 2.75) is 25.5 Å². The second kappa shape index (κ2) is 7.14. The summed E-state index contributed by atoms with van der Waals surface area (Å²) in [7, 11) is 0.489. The summed E-state index contributed by atoms with van der Waals surface area (Å²) in [6, 6.07) is 1.92. The molecule has 5 nitrogen and oxygen atoms in total. The Bertz CT molecular complexity index is 1050. The standard InChI is InChI=1S/C21H22ClN4OP/c1-13-10-25-11-16(8-17(22)21(25)24-13)18-9-19(27)26-12-15(2-3-20(26)28-18)14-4-6-23-7-5-14/h2-3,8-12,14,20,23,28H,4-7H2,1H3. The maximum Gasteiger partial charge on any atom is 0.252 e. The maximum absolute atomic E-state index is 12.9. The Kier molecular flexibility index (Phi) is 4.62. The predicted octanol–water partition coefficient (Wildman–Crippen LogP) is 3.94. The van der Waals surface area contributed by atoms with Crippen LogP contribution in [0.1, 0.15) is 24.1 Å². The number of halogens is 1. The number of hydrogen-bond donors (Lipinski definition) is 1. The fourth-order valence-electron chi connectivity index (χ4n) is 4.19. The third kappa shape index (κ3) is 3.22. The Balaban J connectivity index is 1.45. The van der Waals surface area contributed by atoms with Gasteiger partial charge in [-0.1, -0.05) is 32.3 Å². The molecule has 0 spiro atoms. The van der Waals surface area contributed by atoms with E-state index in [-0.39, 0.29) is 11.7 Å². The molecule has 5 heterocycles. The Morgan fingerprint density at radius 2 is 2.11 bits per heavy atom. The van der Waals surface area contributed by atoms with Crippen LogP contribution in [0.5, 0.6) is 0 Å². The molecule has 3 aliphatic rings. The first-order chi connectivity index (χ1) is 13.6. The van der Waals surface area contributed by atoms with Crippen LogP contribution in [-0.4, -0.2) is 39.1 Å². The van der Waals surface area contributed by atoms with Crippen LogP contribution < -0.4 is 5.32 Å². The van der Waals surface area contributed by atoms with E-state index in [1.807, 2.05) is 34.7 Å². The highest BCUT2D eigenvalue weighted by Gasteiger charge is 2.30. The van der Waals surface area contributed by atoms with Gasteiger partial charge in [0.1, 0.15) is 0 Å². The number of nitrogens with zero attached hydrogens (tertiary/aromatic N) is 3. The summed E-state index contributed by atoms with van der Waals surface area (Å²) >= 11 is 6.44. The number of piperidine rings is 1. The number of aryl methyl sites for hydroxylation is 1. The minimum atomic E-state index is 0.0487. The van der Waals surface area contributed by atoms with E-state index in [2.05, 4.69) is 28.7 Å². The third-order valence-electron chi connectivity index (χ3n) is 5.63. The molecule has 0 radical (unpaired) electrons. The average molecular weight is 413 g/mol. The molecule has 1 amide bonds. The molecule has 28 heavy (non-hydrogen) atoms. The minimum absolute atomic E-state index is 0.0487. The molecule has 0 aliphatic carbocycles. The highest BCUT2D eigenvalue weighted by molar-refractivity contribution is 7.51. The van der Waals surface area contributed by atoms with Gasteiger partial charge in [0.25, 0.3) is 5.91 Å². The zero-order chi connectivity index (χ0) is 19.3. The number of rotatable bonds is 2. The van der Waals surface area contributed by atoms with Crippen molar-refractivity contribution in [3.63, 3.8) is 0 Å². The van der Waals surface area contributed by atoms with Crippen LogP contribution in [0.2, 0.25) is 5.02 Å². The molecule has 3 aliphatic heterocycles. The van der Waals surface area contributed by atoms with E-state index in [0.29, 0.717) is 19.5 Å². The molecule has 144 valence electrons. The molecular weight excluding hydrogens is 391 g/mol. The molecule has 5 rings (SSSR count). The van der Waals surface area contributed by atoms with Crippen molar-refractivity contribution in [3.05, 3.63) is 64.7 Å². The molecule has 2 aromatic rings. The Hall–Kier alpha value is -1.94. The van der Waals surface area contributed by atoms with Gasteiger partial charge in [-0.15, -0.1) is 0 Å². The maximum atomic E-state index is 12.9. The van der Waals surface area contributed by atoms with Gasteiger partial charge in [0.15, 0.2) is 5.65 Å². The summed E-state index contributed by atoms with van der Waals surface area (Å²) in [5.74, 6) is 0.690. The van der Waals surface area contributed by atoms with Crippen molar-refractivity contribution in [1.29, 1.82) is 0 Å². The number of allylic oxidation sites excluding steroid dienone is 2. The zero-order valence-electron chi connectivity index (χ0n) is 15.7. The highest BCUT2D eigenvalue weighted by Crippen LogP contribution is 2.45. The Morgan fingerprint density at radius 1 is 1.29 bits per heavy atom. The normalized spacial score (nSPS) is 23.9. The molecule has 7 heteroatoms. The number of pyridine rings is 1. The van der Waals surface area contributed by atoms with Gasteiger partial charge in [0, 0.05) is 30.2 Å². The SMILES string of the molecule is Cc1cn2cc(C3=CC(=O)N4C=C(C5CCNCC5)C=CC4P3)cc(Cl)c2n1. The monoisotopic (exact) mass is 412 g/mol. The fraction of sp³-hybridized carbons (Fsp3) is 0.333. The molecule has 2 unspecified atom stereocenters. The largest absolute Gasteiger partial charge is 0.317 e. The van der Waals surface area contributed by atoms with Gasteiger partial charge >= 0.3 is 0 Å². The van der Waals surface area contributed by atoms with Crippen molar-refractivity contribution in [2.24, 2.45) is 5.92 Å². The minimum Gasteiger partial charge on any atom is -0.317 e. The summed E-state index contributed by atoms with van der Waals surface area (Å²) in [4.78, 5) is 19.3. The number of carbonyl (C=O) groups excluding carboxylic acids is 1. The second-order valence-corrected chi connectivity index (χ2v) is 9.42. The van der Waals surface area contributed by atoms with Crippen molar-refractivity contribution in [2.75, 3.05) is 13.1 Å². The van der Waals surface area contributed by atoms with Crippen molar-refractivity contribution in [3.8, 4) is 0 Å². The van der Waals surface area contributed by atoms with Gasteiger partial charge in [0.05, 0.1) is 16.5 Å². The lowest BCUT2D eigenvalue weighted by atomic mass is 9.89. The van der Waals surface area contributed by atoms with E-state index >= 15 is 0 Å². The third-order valence-corrected chi connectivity index (χ3v) is 7.42. The van der Waals surface area contributed by atoms with E-state index in [9.17, 15) is 4.79 Å². The van der Waals surface area contributed by atoms with Crippen molar-refractivity contribution >= 4 is 37.1 Å². The van der Waals surface area contributed by atoms with Crippen LogP contribution in [0.4, 0.5) is 0 Å². The number of amides is 1. The van der Waals surface area contributed by atoms with Crippen LogP contribution in [0, 0.1) is 12.8 Å². The summed E-state index contributed by atoms with van der Waals surface area (Å²) in [5.41, 5.74) is 3.95. The quantitative estimate of drug-likeness (QED) is 0.760. The topological polar surface area (TPSA) is 49.6 Å². The van der Waals surface area contributed by atoms with Crippen LogP contribution in [-0.2, 0) is 4.79 Å². The molecule has 1 N–H and O–H groups in total. The number of imidazole rings is 1. The number of nitrogens with one attached hydrogen (secondary N) is 1. The smallest absolute Gasteiger partial charge is 0.252 e. The van der Waals surface area contributed by atoms with Crippen LogP contribution in [0.15, 0.2) is 48.5 Å². The lowest BCUT2D eigenvalue weighted by molar-refractivity contribution is -0.123. The Labute approximate surface area is 170 Å². The Morgan fingerprint density at radius 3 is 2.93 bits per heavy atom. The van der Waals surface area contributed by atoms with Gasteiger partial charge in [-0.25, -0.2) is 4.98 Å². The number of fused-ring (bicyclic) bond motifs is 2. The summed E-state index contributed by atoms with van der Waals surface area (Å²) in [6.07, 6.45) is 14.5. The molecule has 0 aromatic carbocycles. The molecule has 2 atom stereocenters. The number of carbonyl (C=O) groups is 1. The van der Waals surface area contributed by atoms with Crippen LogP contribution in [0.3, 0.4) is 0 Å². The molecule has 1 saturated heterocycles. The van der Waals surface area contributed by atoms with Crippen molar-refractivity contribution in [1.82, 2.24) is 19.6 Å². The second-order valence-electron chi connectivity index (χ2n) is 7.60. The van der Waals surface area contributed by atoms with E-state index in [4.69, 9.17) is 11.6 Å². The van der Waals surface area contributed by atoms with Crippen LogP contribution in [0.25, 0.3) is 11.0 Å². The van der Waals surface area contributed by atoms with E-state index in [0.717, 1.165) is 48.1 Å². The molecule has 1 fully saturated rings. The first-order valence-electron chi connectivity index (χ1n) is 9.65. The summed E-state index contributed by atoms with van der Waals surface area (Å²) in [5, 5.41) is 5.06. The van der Waals surface area contributed by atoms with Gasteiger partial charge in [-0.3, -0.25) is 4.79 Å². The summed E-state index contributed by atoms with van der Waals surface area (Å²) < 4.78 is 1.95. The summed E-state index contributed by atoms with van der Waals surface area (Å²) in [6.45, 7) is 4.05. The van der Waals surface area contributed by atoms with Gasteiger partial charge < -0.3 is 14.6 Å². The van der Waals surface area contributed by atoms with Crippen molar-refractivity contribution < 1.29 is 4.79 Å². The lowest BCUT2D eigenvalue weighted by Gasteiger charge is -2.36. The predicted molar refractivity (Wildman–Crippen MR) is 115 cm³/mol. The van der Waals surface area contributed by atoms with Gasteiger partial charge in [0.2, 0.25) is 0 Å². The van der Waals surface area contributed by atoms with Gasteiger partial charge in [-0.2, -0.15) is 0 Å². The number of hydrogen-bond acceptors (Lipinski definition) is 3. The molecule has 0 bridgehead atoms. The lowest BCUT2D eigenvalue weighted by Crippen LogP contribution is -2.37. The molecule has 2 aromatic heterocycles. The first-order valence-corrected chi connectivity index (χ1v) is 11.1. The average Bonchev–Trinajstić information content (AvgIpc) is 3.09. The van der Waals surface area contributed by atoms with E-state index < -0.39 is 0 Å².